The molecular weight excluding hydrogens is 500 g/mol. The van der Waals surface area contributed by atoms with Crippen molar-refractivity contribution < 1.29 is 14.3 Å². The molecule has 0 radical (unpaired) electrons. The number of nitrogens with zero attached hydrogens (tertiary/aromatic N) is 2. The van der Waals surface area contributed by atoms with Crippen molar-refractivity contribution in [2.75, 3.05) is 19.4 Å². The third kappa shape index (κ3) is 4.89. The Bertz CT molecular complexity index is 1460. The number of anilines is 2. The van der Waals surface area contributed by atoms with Crippen molar-refractivity contribution >= 4 is 51.3 Å². The molecule has 1 aromatic heterocycles. The van der Waals surface area contributed by atoms with Crippen LogP contribution in [0.25, 0.3) is 22.0 Å². The predicted octanol–water partition coefficient (Wildman–Crippen LogP) is 7.45. The van der Waals surface area contributed by atoms with Crippen LogP contribution < -0.4 is 5.32 Å². The van der Waals surface area contributed by atoms with E-state index in [1.807, 2.05) is 38.4 Å². The van der Waals surface area contributed by atoms with E-state index in [1.54, 1.807) is 6.07 Å². The number of aromatic hydroxyl groups is 1. The molecule has 1 heterocycles. The van der Waals surface area contributed by atoms with E-state index >= 15 is 4.39 Å². The lowest BCUT2D eigenvalue weighted by Gasteiger charge is -2.17. The Morgan fingerprint density at radius 2 is 1.72 bits per heavy atom. The lowest BCUT2D eigenvalue weighted by Crippen LogP contribution is -2.10. The lowest BCUT2D eigenvalue weighted by atomic mass is 9.98. The summed E-state index contributed by atoms with van der Waals surface area (Å²) in [6, 6.07) is 14.1. The summed E-state index contributed by atoms with van der Waals surface area (Å²) in [4.78, 5) is 19.6. The summed E-state index contributed by atoms with van der Waals surface area (Å²) < 4.78 is 15.3. The van der Waals surface area contributed by atoms with Crippen molar-refractivity contribution in [3.8, 4) is 16.9 Å². The summed E-state index contributed by atoms with van der Waals surface area (Å²) >= 11 is 12.2. The van der Waals surface area contributed by atoms with Gasteiger partial charge in [0.25, 0.3) is 0 Å². The molecule has 3 aromatic carbocycles. The molecule has 36 heavy (non-hydrogen) atoms. The Labute approximate surface area is 218 Å². The van der Waals surface area contributed by atoms with Crippen LogP contribution >= 0.6 is 23.2 Å². The van der Waals surface area contributed by atoms with E-state index in [2.05, 4.69) is 15.2 Å². The lowest BCUT2D eigenvalue weighted by molar-refractivity contribution is 0.0968. The number of pyridine rings is 1. The van der Waals surface area contributed by atoms with E-state index in [0.717, 1.165) is 30.6 Å². The molecule has 0 spiro atoms. The van der Waals surface area contributed by atoms with E-state index in [9.17, 15) is 9.90 Å². The normalized spacial score (nSPS) is 13.4. The van der Waals surface area contributed by atoms with Crippen molar-refractivity contribution in [2.45, 2.75) is 19.4 Å². The molecule has 5 rings (SSSR count). The number of phenols is 1. The minimum atomic E-state index is -0.544. The van der Waals surface area contributed by atoms with Gasteiger partial charge in [-0.25, -0.2) is 4.39 Å². The monoisotopic (exact) mass is 523 g/mol. The summed E-state index contributed by atoms with van der Waals surface area (Å²) in [6.07, 6.45) is 3.14. The fourth-order valence-electron chi connectivity index (χ4n) is 4.25. The van der Waals surface area contributed by atoms with Crippen LogP contribution in [0, 0.1) is 11.7 Å². The van der Waals surface area contributed by atoms with Crippen molar-refractivity contribution in [1.82, 2.24) is 9.88 Å². The molecule has 0 saturated heterocycles. The summed E-state index contributed by atoms with van der Waals surface area (Å²) in [5.41, 5.74) is 4.03. The Balaban J connectivity index is 1.66. The first-order chi connectivity index (χ1) is 17.2. The zero-order chi connectivity index (χ0) is 25.6. The van der Waals surface area contributed by atoms with Crippen molar-refractivity contribution in [3.63, 3.8) is 0 Å². The summed E-state index contributed by atoms with van der Waals surface area (Å²) in [6.45, 7) is 0.802. The van der Waals surface area contributed by atoms with E-state index in [-0.39, 0.29) is 33.0 Å². The molecule has 184 valence electrons. The molecule has 1 aliphatic rings. The molecular formula is C28H24Cl2FN3O2. The van der Waals surface area contributed by atoms with Gasteiger partial charge in [-0.15, -0.1) is 0 Å². The van der Waals surface area contributed by atoms with Gasteiger partial charge in [-0.2, -0.15) is 0 Å². The van der Waals surface area contributed by atoms with Crippen LogP contribution in [0.1, 0.15) is 28.8 Å². The molecule has 5 nitrogen and oxygen atoms in total. The van der Waals surface area contributed by atoms with Crippen LogP contribution in [0.2, 0.25) is 10.0 Å². The number of rotatable bonds is 7. The van der Waals surface area contributed by atoms with Gasteiger partial charge in [0.1, 0.15) is 11.3 Å². The van der Waals surface area contributed by atoms with Gasteiger partial charge in [0.15, 0.2) is 11.5 Å². The number of benzene rings is 3. The largest absolute Gasteiger partial charge is 0.505 e. The maximum Gasteiger partial charge on any atom is 0.169 e. The van der Waals surface area contributed by atoms with Gasteiger partial charge in [0.2, 0.25) is 0 Å². The van der Waals surface area contributed by atoms with Gasteiger partial charge in [-0.1, -0.05) is 35.3 Å². The van der Waals surface area contributed by atoms with Crippen LogP contribution in [0.15, 0.2) is 54.7 Å². The number of fused-ring (bicyclic) bond motifs is 1. The maximum atomic E-state index is 15.3. The summed E-state index contributed by atoms with van der Waals surface area (Å²) in [7, 11) is 4.01. The quantitative estimate of drug-likeness (QED) is 0.246. The average molecular weight is 524 g/mol. The molecule has 1 aliphatic carbocycles. The fourth-order valence-corrected chi connectivity index (χ4v) is 4.74. The van der Waals surface area contributed by atoms with E-state index in [4.69, 9.17) is 23.2 Å². The van der Waals surface area contributed by atoms with Gasteiger partial charge in [-0.3, -0.25) is 9.78 Å². The highest BCUT2D eigenvalue weighted by molar-refractivity contribution is 6.37. The van der Waals surface area contributed by atoms with E-state index in [0.29, 0.717) is 27.8 Å². The standard InChI is InChI=1S/C28H24Cl2FN3O2/c1-34(2)14-15-3-7-19(8-4-15)33-25-20-9-17(18-10-22(29)28(36)23(30)11-18)12-24(31)26(20)32-13-21(25)27(35)16-5-6-16/h3-4,7-13,16,36H,5-6,14H2,1-2H3,(H,32,33). The predicted molar refractivity (Wildman–Crippen MR) is 143 cm³/mol. The number of aromatic nitrogens is 1. The fraction of sp³-hybridized carbons (Fsp3) is 0.214. The Kier molecular flexibility index (Phi) is 6.60. The number of hydrogen-bond acceptors (Lipinski definition) is 5. The van der Waals surface area contributed by atoms with Gasteiger partial charge < -0.3 is 15.3 Å². The number of nitrogens with one attached hydrogen (secondary N) is 1. The molecule has 0 atom stereocenters. The molecule has 2 N–H and O–H groups in total. The van der Waals surface area contributed by atoms with Crippen LogP contribution in [-0.2, 0) is 6.54 Å². The highest BCUT2D eigenvalue weighted by Gasteiger charge is 2.33. The number of hydrogen-bond donors (Lipinski definition) is 2. The molecule has 8 heteroatoms. The molecule has 0 unspecified atom stereocenters. The Hall–Kier alpha value is -3.19. The van der Waals surface area contributed by atoms with Crippen LogP contribution in [0.3, 0.4) is 0 Å². The van der Waals surface area contributed by atoms with Gasteiger partial charge in [0.05, 0.1) is 21.3 Å². The minimum absolute atomic E-state index is 0.00217. The average Bonchev–Trinajstić information content (AvgIpc) is 3.68. The van der Waals surface area contributed by atoms with Crippen LogP contribution in [0.5, 0.6) is 5.75 Å². The maximum absolute atomic E-state index is 15.3. The SMILES string of the molecule is CN(C)Cc1ccc(Nc2c(C(=O)C3CC3)cnc3c(F)cc(-c4cc(Cl)c(O)c(Cl)c4)cc23)cc1. The number of carbonyl (C=O) groups is 1. The first kappa shape index (κ1) is 24.5. The zero-order valence-electron chi connectivity index (χ0n) is 19.8. The van der Waals surface area contributed by atoms with Gasteiger partial charge in [0, 0.05) is 29.7 Å². The Morgan fingerprint density at radius 1 is 1.08 bits per heavy atom. The van der Waals surface area contributed by atoms with Gasteiger partial charge in [-0.05, 0) is 80.0 Å². The number of ketones is 1. The first-order valence-corrected chi connectivity index (χ1v) is 12.3. The second-order valence-electron chi connectivity index (χ2n) is 9.39. The number of carbonyl (C=O) groups excluding carboxylic acids is 1. The third-order valence-electron chi connectivity index (χ3n) is 6.21. The molecule has 1 fully saturated rings. The zero-order valence-corrected chi connectivity index (χ0v) is 21.3. The smallest absolute Gasteiger partial charge is 0.169 e. The van der Waals surface area contributed by atoms with Crippen LogP contribution in [-0.4, -0.2) is 34.9 Å². The molecule has 4 aromatic rings. The topological polar surface area (TPSA) is 65.5 Å². The highest BCUT2D eigenvalue weighted by Crippen LogP contribution is 2.41. The second kappa shape index (κ2) is 9.69. The summed E-state index contributed by atoms with van der Waals surface area (Å²) in [5, 5.41) is 13.9. The van der Waals surface area contributed by atoms with E-state index < -0.39 is 5.82 Å². The van der Waals surface area contributed by atoms with Crippen molar-refractivity contribution in [3.05, 3.63) is 81.7 Å². The molecule has 0 amide bonds. The van der Waals surface area contributed by atoms with E-state index in [1.165, 1.54) is 24.4 Å². The molecule has 1 saturated carbocycles. The summed E-state index contributed by atoms with van der Waals surface area (Å²) in [5.74, 6) is -0.812. The molecule has 0 bridgehead atoms. The molecule has 0 aliphatic heterocycles. The third-order valence-corrected chi connectivity index (χ3v) is 6.79. The minimum Gasteiger partial charge on any atom is -0.505 e. The first-order valence-electron chi connectivity index (χ1n) is 11.6. The van der Waals surface area contributed by atoms with Crippen LogP contribution in [0.4, 0.5) is 15.8 Å². The van der Waals surface area contributed by atoms with Gasteiger partial charge >= 0.3 is 0 Å². The number of halogens is 3. The highest BCUT2D eigenvalue weighted by atomic mass is 35.5. The van der Waals surface area contributed by atoms with Crippen molar-refractivity contribution in [2.24, 2.45) is 5.92 Å². The van der Waals surface area contributed by atoms with Crippen molar-refractivity contribution in [1.29, 1.82) is 0 Å². The number of phenolic OH excluding ortho intramolecular Hbond substituents is 1. The Morgan fingerprint density at radius 3 is 2.33 bits per heavy atom. The second-order valence-corrected chi connectivity index (χ2v) is 10.2. The number of Topliss-reactive ketones (excluding diaryl/α,β-unsaturated/α-hetero) is 1.